The van der Waals surface area contributed by atoms with E-state index >= 15 is 0 Å². The molecule has 0 fully saturated rings. The molecule has 1 aliphatic heterocycles. The average molecular weight is 432 g/mol. The van der Waals surface area contributed by atoms with Crippen LogP contribution in [0.5, 0.6) is 5.75 Å². The summed E-state index contributed by atoms with van der Waals surface area (Å²) in [6.07, 6.45) is 10.8. The zero-order chi connectivity index (χ0) is 22.7. The van der Waals surface area contributed by atoms with Crippen LogP contribution in [0.15, 0.2) is 48.7 Å². The number of halogens is 1. The minimum Gasteiger partial charge on any atom is -0.505 e. The maximum Gasteiger partial charge on any atom is 0.265 e. The highest BCUT2D eigenvalue weighted by molar-refractivity contribution is 6.26. The molecule has 0 saturated carbocycles. The third-order valence-electron chi connectivity index (χ3n) is 5.76. The SMILES string of the molecule is CCCCCC/C=C/c1c2c(c(O)c3ncccc13)C(=O)N(Cc1ccc(F)cc1)C2=O. The predicted octanol–water partition coefficient (Wildman–Crippen LogP) is 5.86. The lowest BCUT2D eigenvalue weighted by Gasteiger charge is -2.13. The molecule has 2 aromatic carbocycles. The van der Waals surface area contributed by atoms with Crippen LogP contribution >= 0.6 is 0 Å². The van der Waals surface area contributed by atoms with Crippen molar-refractivity contribution in [2.45, 2.75) is 45.6 Å². The quantitative estimate of drug-likeness (QED) is 0.358. The fourth-order valence-electron chi connectivity index (χ4n) is 4.09. The van der Waals surface area contributed by atoms with Crippen molar-refractivity contribution < 1.29 is 19.1 Å². The molecule has 2 amide bonds. The van der Waals surface area contributed by atoms with E-state index in [0.717, 1.165) is 30.6 Å². The van der Waals surface area contributed by atoms with Gasteiger partial charge in [0.2, 0.25) is 0 Å². The van der Waals surface area contributed by atoms with E-state index in [9.17, 15) is 19.1 Å². The Balaban J connectivity index is 1.74. The number of phenols is 1. The molecule has 2 heterocycles. The second-order valence-electron chi connectivity index (χ2n) is 7.99. The van der Waals surface area contributed by atoms with E-state index in [1.165, 1.54) is 30.7 Å². The van der Waals surface area contributed by atoms with Crippen LogP contribution in [0.1, 0.15) is 70.9 Å². The van der Waals surface area contributed by atoms with E-state index in [1.54, 1.807) is 18.3 Å². The Morgan fingerprint density at radius 3 is 2.53 bits per heavy atom. The van der Waals surface area contributed by atoms with E-state index in [-0.39, 0.29) is 23.4 Å². The van der Waals surface area contributed by atoms with Gasteiger partial charge >= 0.3 is 0 Å². The van der Waals surface area contributed by atoms with E-state index in [4.69, 9.17) is 0 Å². The summed E-state index contributed by atoms with van der Waals surface area (Å²) in [6, 6.07) is 9.18. The van der Waals surface area contributed by atoms with Gasteiger partial charge in [-0.25, -0.2) is 4.39 Å². The lowest BCUT2D eigenvalue weighted by Crippen LogP contribution is -2.29. The highest BCUT2D eigenvalue weighted by Gasteiger charge is 2.41. The molecule has 0 atom stereocenters. The number of hydrogen-bond donors (Lipinski definition) is 1. The predicted molar refractivity (Wildman–Crippen MR) is 122 cm³/mol. The Labute approximate surface area is 186 Å². The highest BCUT2D eigenvalue weighted by atomic mass is 19.1. The van der Waals surface area contributed by atoms with Crippen molar-refractivity contribution in [3.63, 3.8) is 0 Å². The molecule has 164 valence electrons. The summed E-state index contributed by atoms with van der Waals surface area (Å²) < 4.78 is 13.3. The van der Waals surface area contributed by atoms with Crippen LogP contribution in [0.3, 0.4) is 0 Å². The number of carbonyl (C=O) groups excluding carboxylic acids is 2. The number of allylic oxidation sites excluding steroid dienone is 1. The molecule has 0 aliphatic carbocycles. The summed E-state index contributed by atoms with van der Waals surface area (Å²) >= 11 is 0. The van der Waals surface area contributed by atoms with Gasteiger partial charge in [0.1, 0.15) is 11.3 Å². The van der Waals surface area contributed by atoms with Gasteiger partial charge in [0.15, 0.2) is 5.75 Å². The fraction of sp³-hybridized carbons (Fsp3) is 0.269. The summed E-state index contributed by atoms with van der Waals surface area (Å²) in [7, 11) is 0. The zero-order valence-corrected chi connectivity index (χ0v) is 18.0. The second kappa shape index (κ2) is 9.30. The van der Waals surface area contributed by atoms with Crippen molar-refractivity contribution in [1.29, 1.82) is 0 Å². The third kappa shape index (κ3) is 4.00. The maximum absolute atomic E-state index is 13.3. The first-order valence-corrected chi connectivity index (χ1v) is 10.9. The number of rotatable bonds is 8. The first-order valence-electron chi connectivity index (χ1n) is 10.9. The number of amides is 2. The van der Waals surface area contributed by atoms with Gasteiger partial charge in [0.25, 0.3) is 11.8 Å². The number of fused-ring (bicyclic) bond motifs is 2. The van der Waals surface area contributed by atoms with Gasteiger partial charge in [-0.05, 0) is 42.2 Å². The molecule has 1 aromatic heterocycles. The zero-order valence-electron chi connectivity index (χ0n) is 18.0. The monoisotopic (exact) mass is 432 g/mol. The molecule has 0 bridgehead atoms. The van der Waals surface area contributed by atoms with E-state index in [2.05, 4.69) is 11.9 Å². The molecule has 5 nitrogen and oxygen atoms in total. The van der Waals surface area contributed by atoms with Crippen LogP contribution in [0, 0.1) is 5.82 Å². The lowest BCUT2D eigenvalue weighted by molar-refractivity contribution is 0.0641. The minimum atomic E-state index is -0.572. The molecule has 0 saturated heterocycles. The summed E-state index contributed by atoms with van der Waals surface area (Å²) in [5.74, 6) is -1.72. The molecule has 0 spiro atoms. The first kappa shape index (κ1) is 21.7. The van der Waals surface area contributed by atoms with Crippen LogP contribution in [0.2, 0.25) is 0 Å². The smallest absolute Gasteiger partial charge is 0.265 e. The summed E-state index contributed by atoms with van der Waals surface area (Å²) in [5.41, 5.74) is 1.68. The topological polar surface area (TPSA) is 70.5 Å². The number of unbranched alkanes of at least 4 members (excludes halogenated alkanes) is 4. The van der Waals surface area contributed by atoms with Gasteiger partial charge in [-0.15, -0.1) is 0 Å². The molecular formula is C26H25FN2O3. The Kier molecular flexibility index (Phi) is 6.30. The minimum absolute atomic E-state index is 0.00396. The molecule has 4 rings (SSSR count). The van der Waals surface area contributed by atoms with E-state index in [1.807, 2.05) is 12.2 Å². The van der Waals surface area contributed by atoms with Crippen molar-refractivity contribution in [2.75, 3.05) is 0 Å². The van der Waals surface area contributed by atoms with Gasteiger partial charge in [0.05, 0.1) is 17.7 Å². The summed E-state index contributed by atoms with van der Waals surface area (Å²) in [5, 5.41) is 11.5. The van der Waals surface area contributed by atoms with Gasteiger partial charge in [-0.1, -0.05) is 56.5 Å². The molecule has 1 N–H and O–H groups in total. The normalized spacial score (nSPS) is 13.5. The Morgan fingerprint density at radius 2 is 1.78 bits per heavy atom. The lowest BCUT2D eigenvalue weighted by atomic mass is 9.95. The van der Waals surface area contributed by atoms with Crippen LogP contribution in [-0.2, 0) is 6.54 Å². The molecule has 6 heteroatoms. The van der Waals surface area contributed by atoms with Crippen LogP contribution in [-0.4, -0.2) is 26.8 Å². The van der Waals surface area contributed by atoms with Gasteiger partial charge < -0.3 is 5.11 Å². The van der Waals surface area contributed by atoms with Gasteiger partial charge in [0, 0.05) is 11.6 Å². The number of aromatic hydroxyl groups is 1. The van der Waals surface area contributed by atoms with Gasteiger partial charge in [-0.2, -0.15) is 0 Å². The Morgan fingerprint density at radius 1 is 1.03 bits per heavy atom. The largest absolute Gasteiger partial charge is 0.505 e. The van der Waals surface area contributed by atoms with Crippen molar-refractivity contribution in [2.24, 2.45) is 0 Å². The number of aromatic nitrogens is 1. The van der Waals surface area contributed by atoms with Crippen molar-refractivity contribution >= 4 is 28.8 Å². The number of nitrogens with zero attached hydrogens (tertiary/aromatic N) is 2. The summed E-state index contributed by atoms with van der Waals surface area (Å²) in [4.78, 5) is 31.8. The standard InChI is InChI=1S/C26H25FN2O3/c1-2-3-4-5-6-7-9-19-20-10-8-15-28-23(20)24(30)22-21(19)25(31)29(26(22)32)16-17-11-13-18(27)14-12-17/h7-15,30H,2-6,16H2,1H3/b9-7+. The number of imide groups is 1. The average Bonchev–Trinajstić information content (AvgIpc) is 3.04. The number of carbonyl (C=O) groups is 2. The number of benzene rings is 2. The number of hydrogen-bond acceptors (Lipinski definition) is 4. The Bertz CT molecular complexity index is 1200. The molecule has 0 radical (unpaired) electrons. The summed E-state index contributed by atoms with van der Waals surface area (Å²) in [6.45, 7) is 2.16. The number of phenolic OH excluding ortho intramolecular Hbond substituents is 1. The van der Waals surface area contributed by atoms with Crippen LogP contribution < -0.4 is 0 Å². The molecule has 3 aromatic rings. The first-order chi connectivity index (χ1) is 15.5. The van der Waals surface area contributed by atoms with Gasteiger partial charge in [-0.3, -0.25) is 19.5 Å². The molecule has 1 aliphatic rings. The van der Waals surface area contributed by atoms with Crippen LogP contribution in [0.25, 0.3) is 17.0 Å². The van der Waals surface area contributed by atoms with Crippen molar-refractivity contribution in [3.8, 4) is 5.75 Å². The number of pyridine rings is 1. The second-order valence-corrected chi connectivity index (χ2v) is 7.99. The molecule has 32 heavy (non-hydrogen) atoms. The van der Waals surface area contributed by atoms with Crippen molar-refractivity contribution in [1.82, 2.24) is 9.88 Å². The van der Waals surface area contributed by atoms with E-state index < -0.39 is 17.6 Å². The molecular weight excluding hydrogens is 407 g/mol. The Hall–Kier alpha value is -3.54. The van der Waals surface area contributed by atoms with Crippen molar-refractivity contribution in [3.05, 3.63) is 76.7 Å². The highest BCUT2D eigenvalue weighted by Crippen LogP contribution is 2.40. The van der Waals surface area contributed by atoms with E-state index in [0.29, 0.717) is 22.0 Å². The fourth-order valence-corrected chi connectivity index (χ4v) is 4.09. The maximum atomic E-state index is 13.3. The van der Waals surface area contributed by atoms with Crippen LogP contribution in [0.4, 0.5) is 4.39 Å². The molecule has 0 unspecified atom stereocenters. The third-order valence-corrected chi connectivity index (χ3v) is 5.76.